The number of aryl methyl sites for hydroxylation is 1. The third-order valence-electron chi connectivity index (χ3n) is 4.13. The minimum Gasteiger partial charge on any atom is -0.387 e. The molecule has 0 radical (unpaired) electrons. The fourth-order valence-electron chi connectivity index (χ4n) is 2.87. The van der Waals surface area contributed by atoms with Crippen LogP contribution in [0, 0.1) is 6.92 Å². The van der Waals surface area contributed by atoms with Crippen molar-refractivity contribution in [2.24, 2.45) is 0 Å². The van der Waals surface area contributed by atoms with Gasteiger partial charge < -0.3 is 10.8 Å². The second kappa shape index (κ2) is 5.77. The molecular formula is C17H16N4OS2. The quantitative estimate of drug-likeness (QED) is 0.571. The highest BCUT2D eigenvalue weighted by Gasteiger charge is 2.17. The first-order chi connectivity index (χ1) is 11.6. The molecule has 0 bridgehead atoms. The van der Waals surface area contributed by atoms with Crippen molar-refractivity contribution in [3.8, 4) is 11.1 Å². The van der Waals surface area contributed by atoms with Gasteiger partial charge in [-0.1, -0.05) is 18.3 Å². The predicted molar refractivity (Wildman–Crippen MR) is 100 cm³/mol. The summed E-state index contributed by atoms with van der Waals surface area (Å²) < 4.78 is 2.19. The standard InChI is InChI=1S/C17H16N4OS2/c1-3-13(22)11-4-8(2)10(6-19-11)9-5-12-15(24-17(18)21-12)16-14(9)20-7-23-16/h4-7,13,22H,3H2,1-2H3,(H2,18,21)/t13-/m0/s1. The Morgan fingerprint density at radius 1 is 1.21 bits per heavy atom. The van der Waals surface area contributed by atoms with Crippen LogP contribution < -0.4 is 5.73 Å². The fourth-order valence-corrected chi connectivity index (χ4v) is 4.64. The topological polar surface area (TPSA) is 84.9 Å². The number of hydrogen-bond acceptors (Lipinski definition) is 7. The van der Waals surface area contributed by atoms with Gasteiger partial charge in [0.2, 0.25) is 0 Å². The number of nitrogens with zero attached hydrogens (tertiary/aromatic N) is 3. The Hall–Kier alpha value is -2.09. The van der Waals surface area contributed by atoms with Gasteiger partial charge in [0.05, 0.1) is 37.7 Å². The van der Waals surface area contributed by atoms with E-state index < -0.39 is 6.10 Å². The van der Waals surface area contributed by atoms with Crippen molar-refractivity contribution in [2.45, 2.75) is 26.4 Å². The van der Waals surface area contributed by atoms with Crippen molar-refractivity contribution >= 4 is 48.2 Å². The number of fused-ring (bicyclic) bond motifs is 3. The third kappa shape index (κ3) is 2.36. The van der Waals surface area contributed by atoms with E-state index in [1.807, 2.05) is 37.7 Å². The second-order valence-corrected chi connectivity index (χ2v) is 7.59. The molecule has 0 spiro atoms. The molecule has 3 heterocycles. The number of nitrogens with two attached hydrogens (primary N) is 1. The summed E-state index contributed by atoms with van der Waals surface area (Å²) in [6.45, 7) is 3.97. The number of hydrogen-bond donors (Lipinski definition) is 2. The van der Waals surface area contributed by atoms with E-state index in [0.717, 1.165) is 37.1 Å². The van der Waals surface area contributed by atoms with Gasteiger partial charge in [-0.05, 0) is 31.0 Å². The van der Waals surface area contributed by atoms with E-state index in [1.165, 1.54) is 11.3 Å². The first kappa shape index (κ1) is 15.4. The fraction of sp³-hybridized carbons (Fsp3) is 0.235. The first-order valence-corrected chi connectivity index (χ1v) is 9.35. The molecule has 24 heavy (non-hydrogen) atoms. The van der Waals surface area contributed by atoms with Crippen LogP contribution in [0.5, 0.6) is 0 Å². The van der Waals surface area contributed by atoms with Crippen LogP contribution in [0.3, 0.4) is 0 Å². The van der Waals surface area contributed by atoms with E-state index in [0.29, 0.717) is 17.2 Å². The van der Waals surface area contributed by atoms with E-state index >= 15 is 0 Å². The van der Waals surface area contributed by atoms with Crippen molar-refractivity contribution < 1.29 is 5.11 Å². The number of anilines is 1. The lowest BCUT2D eigenvalue weighted by atomic mass is 9.99. The summed E-state index contributed by atoms with van der Waals surface area (Å²) in [5, 5.41) is 10.6. The molecule has 1 atom stereocenters. The van der Waals surface area contributed by atoms with Crippen LogP contribution >= 0.6 is 22.7 Å². The Morgan fingerprint density at radius 3 is 2.79 bits per heavy atom. The zero-order chi connectivity index (χ0) is 16.8. The number of aliphatic hydroxyl groups excluding tert-OH is 1. The lowest BCUT2D eigenvalue weighted by Crippen LogP contribution is -2.00. The molecule has 7 heteroatoms. The molecule has 3 aromatic heterocycles. The third-order valence-corrected chi connectivity index (χ3v) is 6.02. The van der Waals surface area contributed by atoms with Crippen molar-refractivity contribution in [3.63, 3.8) is 0 Å². The SMILES string of the molecule is CC[C@H](O)c1cc(C)c(-c2cc3nc(N)sc3c3scnc23)cn1. The molecule has 0 aliphatic heterocycles. The van der Waals surface area contributed by atoms with E-state index in [4.69, 9.17) is 5.73 Å². The van der Waals surface area contributed by atoms with Crippen LogP contribution in [-0.4, -0.2) is 20.1 Å². The summed E-state index contributed by atoms with van der Waals surface area (Å²) in [5.41, 5.74) is 13.3. The lowest BCUT2D eigenvalue weighted by Gasteiger charge is -2.12. The largest absolute Gasteiger partial charge is 0.387 e. The maximum absolute atomic E-state index is 10.0. The number of nitrogen functional groups attached to an aromatic ring is 1. The Morgan fingerprint density at radius 2 is 2.04 bits per heavy atom. The highest BCUT2D eigenvalue weighted by Crippen LogP contribution is 2.40. The molecule has 0 aliphatic carbocycles. The van der Waals surface area contributed by atoms with Crippen molar-refractivity contribution in [3.05, 3.63) is 35.1 Å². The number of rotatable bonds is 3. The summed E-state index contributed by atoms with van der Waals surface area (Å²) in [6, 6.07) is 3.98. The van der Waals surface area contributed by atoms with Crippen LogP contribution in [0.15, 0.2) is 23.8 Å². The van der Waals surface area contributed by atoms with Crippen LogP contribution in [0.2, 0.25) is 0 Å². The molecule has 0 aliphatic rings. The van der Waals surface area contributed by atoms with Crippen LogP contribution in [0.4, 0.5) is 5.13 Å². The highest BCUT2D eigenvalue weighted by molar-refractivity contribution is 7.28. The van der Waals surface area contributed by atoms with Crippen molar-refractivity contribution in [1.29, 1.82) is 0 Å². The monoisotopic (exact) mass is 356 g/mol. The molecular weight excluding hydrogens is 340 g/mol. The van der Waals surface area contributed by atoms with Gasteiger partial charge in [0.25, 0.3) is 0 Å². The van der Waals surface area contributed by atoms with Gasteiger partial charge in [0.15, 0.2) is 5.13 Å². The average molecular weight is 356 g/mol. The van der Waals surface area contributed by atoms with E-state index in [-0.39, 0.29) is 0 Å². The average Bonchev–Trinajstić information content (AvgIpc) is 3.18. The molecule has 0 saturated heterocycles. The van der Waals surface area contributed by atoms with Gasteiger partial charge in [-0.25, -0.2) is 9.97 Å². The number of aliphatic hydroxyl groups is 1. The predicted octanol–water partition coefficient (Wildman–Crippen LogP) is 4.30. The molecule has 0 amide bonds. The second-order valence-electron chi connectivity index (χ2n) is 5.70. The zero-order valence-electron chi connectivity index (χ0n) is 13.3. The lowest BCUT2D eigenvalue weighted by molar-refractivity contribution is 0.169. The van der Waals surface area contributed by atoms with Crippen molar-refractivity contribution in [2.75, 3.05) is 5.73 Å². The normalized spacial score (nSPS) is 13.0. The smallest absolute Gasteiger partial charge is 0.181 e. The van der Waals surface area contributed by atoms with Gasteiger partial charge in [0.1, 0.15) is 0 Å². The highest BCUT2D eigenvalue weighted by atomic mass is 32.1. The summed E-state index contributed by atoms with van der Waals surface area (Å²) in [5.74, 6) is 0. The maximum atomic E-state index is 10.0. The Labute approximate surface area is 146 Å². The molecule has 0 saturated carbocycles. The molecule has 1 aromatic carbocycles. The first-order valence-electron chi connectivity index (χ1n) is 7.65. The molecule has 122 valence electrons. The van der Waals surface area contributed by atoms with E-state index in [9.17, 15) is 5.11 Å². The van der Waals surface area contributed by atoms with E-state index in [2.05, 4.69) is 15.0 Å². The Bertz CT molecular complexity index is 1050. The Kier molecular flexibility index (Phi) is 3.71. The van der Waals surface area contributed by atoms with Crippen LogP contribution in [0.1, 0.15) is 30.7 Å². The summed E-state index contributed by atoms with van der Waals surface area (Å²) in [4.78, 5) is 13.4. The minimum atomic E-state index is -0.530. The van der Waals surface area contributed by atoms with Gasteiger partial charge in [0, 0.05) is 17.3 Å². The minimum absolute atomic E-state index is 0.530. The summed E-state index contributed by atoms with van der Waals surface area (Å²) in [6.07, 6.45) is 1.93. The summed E-state index contributed by atoms with van der Waals surface area (Å²) in [7, 11) is 0. The maximum Gasteiger partial charge on any atom is 0.181 e. The molecule has 4 rings (SSSR count). The van der Waals surface area contributed by atoms with Gasteiger partial charge in [-0.2, -0.15) is 0 Å². The molecule has 0 fully saturated rings. The van der Waals surface area contributed by atoms with Crippen LogP contribution in [0.25, 0.3) is 31.6 Å². The van der Waals surface area contributed by atoms with Gasteiger partial charge >= 0.3 is 0 Å². The number of aromatic nitrogens is 3. The number of thiazole rings is 2. The Balaban J connectivity index is 1.96. The zero-order valence-corrected chi connectivity index (χ0v) is 14.9. The summed E-state index contributed by atoms with van der Waals surface area (Å²) >= 11 is 3.09. The van der Waals surface area contributed by atoms with E-state index in [1.54, 1.807) is 11.3 Å². The van der Waals surface area contributed by atoms with Gasteiger partial charge in [-0.3, -0.25) is 4.98 Å². The number of benzene rings is 1. The van der Waals surface area contributed by atoms with Crippen molar-refractivity contribution in [1.82, 2.24) is 15.0 Å². The molecule has 5 nitrogen and oxygen atoms in total. The van der Waals surface area contributed by atoms with Crippen LogP contribution in [-0.2, 0) is 0 Å². The molecule has 0 unspecified atom stereocenters. The molecule has 3 N–H and O–H groups in total. The van der Waals surface area contributed by atoms with Gasteiger partial charge in [-0.15, -0.1) is 11.3 Å². The molecule has 4 aromatic rings. The number of pyridine rings is 1.